The molecule has 4 nitrogen and oxygen atoms in total. The van der Waals surface area contributed by atoms with Crippen LogP contribution in [0.5, 0.6) is 0 Å². The van der Waals surface area contributed by atoms with Crippen LogP contribution in [0.3, 0.4) is 0 Å². The van der Waals surface area contributed by atoms with Gasteiger partial charge >= 0.3 is 0 Å². The summed E-state index contributed by atoms with van der Waals surface area (Å²) in [5.74, 6) is 0. The van der Waals surface area contributed by atoms with Crippen LogP contribution in [0.4, 0.5) is 0 Å². The zero-order valence-electron chi connectivity index (χ0n) is 71.5. The van der Waals surface area contributed by atoms with Crippen LogP contribution in [0.2, 0.25) is 0 Å². The molecule has 0 amide bonds. The molecule has 5 heterocycles. The normalized spacial score (nSPS) is 14.0. The van der Waals surface area contributed by atoms with Crippen molar-refractivity contribution in [3.8, 4) is 39.3 Å². The molecule has 5 aromatic heterocycles. The van der Waals surface area contributed by atoms with Gasteiger partial charge in [-0.15, -0.1) is 11.3 Å². The summed E-state index contributed by atoms with van der Waals surface area (Å²) < 4.78 is 16.5. The van der Waals surface area contributed by atoms with Crippen LogP contribution in [-0.2, 0) is 16.2 Å². The Kier molecular flexibility index (Phi) is 14.6. The molecule has 0 fully saturated rings. The maximum absolute atomic E-state index is 6.35. The molecule has 22 aromatic carbocycles. The number of para-hydroxylation sites is 1. The second-order valence-electron chi connectivity index (χ2n) is 37.5. The molecule has 0 saturated heterocycles. The van der Waals surface area contributed by atoms with Gasteiger partial charge in [0, 0.05) is 103 Å². The second kappa shape index (κ2) is 25.9. The summed E-state index contributed by atoms with van der Waals surface area (Å²) >= 11 is 1.89. The molecule has 0 atom stereocenters. The average molecular weight is 1650 g/mol. The molecule has 0 aliphatic heterocycles. The lowest BCUT2D eigenvalue weighted by Gasteiger charge is -2.22. The SMILES string of the molecule is CC1(C)c2cccc3c4ccccc4c4cccc5c4c4c(c1ccc4n5-c1cc(-c4ccccc4)cc(-c4ccccc4)c1)c23.CC1(C)c2cccc3c4ccccc4c4cccc5c4c4c(c1ccc4n5-c1ccc4c(c1)oc1ccccc14)c23.CC1(C)c2cccc3c4ccccc4c4cccc5c4c4c(c1ccc4n5-c1ccc4c(c1)sc1ccccc14)c23. The fourth-order valence-electron chi connectivity index (χ4n) is 24.3. The highest BCUT2D eigenvalue weighted by atomic mass is 32.1. The quantitative estimate of drug-likeness (QED) is 0.169. The van der Waals surface area contributed by atoms with Gasteiger partial charge in [0.2, 0.25) is 0 Å². The second-order valence-corrected chi connectivity index (χ2v) is 38.6. The average Bonchev–Trinajstić information content (AvgIpc) is 1.53. The van der Waals surface area contributed by atoms with Crippen LogP contribution < -0.4 is 0 Å². The van der Waals surface area contributed by atoms with E-state index >= 15 is 0 Å². The minimum absolute atomic E-state index is 0.0620. The van der Waals surface area contributed by atoms with Gasteiger partial charge in [-0.3, -0.25) is 0 Å². The van der Waals surface area contributed by atoms with Crippen LogP contribution >= 0.6 is 11.3 Å². The first-order valence-electron chi connectivity index (χ1n) is 44.9. The lowest BCUT2D eigenvalue weighted by Crippen LogP contribution is -2.15. The highest BCUT2D eigenvalue weighted by Gasteiger charge is 2.40. The van der Waals surface area contributed by atoms with E-state index in [1.165, 1.54) is 250 Å². The van der Waals surface area contributed by atoms with Gasteiger partial charge in [-0.1, -0.05) is 327 Å². The first-order valence-corrected chi connectivity index (χ1v) is 45.8. The molecule has 600 valence electrons. The van der Waals surface area contributed by atoms with Crippen molar-refractivity contribution in [2.45, 2.75) is 57.8 Å². The zero-order valence-corrected chi connectivity index (χ0v) is 72.3. The van der Waals surface area contributed by atoms with Gasteiger partial charge in [0.1, 0.15) is 11.2 Å². The van der Waals surface area contributed by atoms with Crippen LogP contribution in [0.1, 0.15) is 74.9 Å². The highest BCUT2D eigenvalue weighted by Crippen LogP contribution is 2.58. The summed E-state index contributed by atoms with van der Waals surface area (Å²) in [5.41, 5.74) is 26.0. The number of furan rings is 1. The van der Waals surface area contributed by atoms with Gasteiger partial charge in [0.05, 0.1) is 33.1 Å². The van der Waals surface area contributed by atoms with E-state index in [2.05, 4.69) is 431 Å². The Morgan fingerprint density at radius 1 is 0.180 bits per heavy atom. The third-order valence-corrected chi connectivity index (χ3v) is 31.1. The first kappa shape index (κ1) is 72.0. The Balaban J connectivity index is 0.0000000973. The molecule has 0 radical (unpaired) electrons. The van der Waals surface area contributed by atoms with Crippen LogP contribution in [0, 0.1) is 0 Å². The molecular formula is C123H81N3OS. The van der Waals surface area contributed by atoms with E-state index in [1.807, 2.05) is 17.4 Å². The van der Waals surface area contributed by atoms with Crippen molar-refractivity contribution < 1.29 is 4.42 Å². The fraction of sp³-hybridized carbons (Fsp3) is 0.0732. The molecular weight excluding hydrogens is 1570 g/mol. The number of thiophene rings is 1. The fourth-order valence-corrected chi connectivity index (χ4v) is 25.5. The number of aromatic nitrogens is 3. The topological polar surface area (TPSA) is 27.9 Å². The van der Waals surface area contributed by atoms with E-state index in [0.29, 0.717) is 0 Å². The van der Waals surface area contributed by atoms with Gasteiger partial charge in [0.15, 0.2) is 0 Å². The number of rotatable bonds is 5. The Hall–Kier alpha value is -15.4. The third kappa shape index (κ3) is 9.57. The molecule has 3 aliphatic rings. The number of hydrogen-bond acceptors (Lipinski definition) is 2. The summed E-state index contributed by atoms with van der Waals surface area (Å²) in [6.45, 7) is 14.3. The molecule has 0 N–H and O–H groups in total. The molecule has 30 rings (SSSR count). The number of nitrogens with zero attached hydrogens (tertiary/aromatic N) is 3. The molecule has 3 aliphatic carbocycles. The monoisotopic (exact) mass is 1650 g/mol. The summed E-state index contributed by atoms with van der Waals surface area (Å²) in [4.78, 5) is 0. The number of benzene rings is 19. The van der Waals surface area contributed by atoms with Gasteiger partial charge in [0.25, 0.3) is 0 Å². The zero-order chi connectivity index (χ0) is 84.6. The molecule has 0 bridgehead atoms. The molecule has 5 heteroatoms. The highest BCUT2D eigenvalue weighted by molar-refractivity contribution is 7.25. The first-order chi connectivity index (χ1) is 62.8. The number of fused-ring (bicyclic) bond motifs is 15. The van der Waals surface area contributed by atoms with Crippen molar-refractivity contribution in [2.24, 2.45) is 0 Å². The predicted octanol–water partition coefficient (Wildman–Crippen LogP) is 34.2. The Labute approximate surface area is 741 Å². The molecule has 0 spiro atoms. The largest absolute Gasteiger partial charge is 0.456 e. The summed E-state index contributed by atoms with van der Waals surface area (Å²) in [7, 11) is 0. The Morgan fingerprint density at radius 3 is 0.906 bits per heavy atom. The Bertz CT molecular complexity index is 9250. The number of hydrogen-bond donors (Lipinski definition) is 0. The maximum atomic E-state index is 6.35. The Morgan fingerprint density at radius 2 is 0.484 bits per heavy atom. The van der Waals surface area contributed by atoms with Gasteiger partial charge in [-0.05, 0) is 244 Å². The van der Waals surface area contributed by atoms with E-state index in [9.17, 15) is 0 Å². The summed E-state index contributed by atoms with van der Waals surface area (Å²) in [6, 6.07) is 142. The minimum atomic E-state index is -0.0920. The molecule has 27 aromatic rings. The van der Waals surface area contributed by atoms with E-state index < -0.39 is 0 Å². The lowest BCUT2D eigenvalue weighted by atomic mass is 9.81. The predicted molar refractivity (Wildman–Crippen MR) is 547 cm³/mol. The van der Waals surface area contributed by atoms with Crippen LogP contribution in [0.15, 0.2) is 387 Å². The van der Waals surface area contributed by atoms with Crippen molar-refractivity contribution >= 4 is 216 Å². The van der Waals surface area contributed by atoms with Crippen molar-refractivity contribution in [1.82, 2.24) is 13.7 Å². The van der Waals surface area contributed by atoms with E-state index in [-0.39, 0.29) is 16.2 Å². The summed E-state index contributed by atoms with van der Waals surface area (Å²) in [6.07, 6.45) is 0. The smallest absolute Gasteiger partial charge is 0.137 e. The van der Waals surface area contributed by atoms with E-state index in [4.69, 9.17) is 4.42 Å². The maximum Gasteiger partial charge on any atom is 0.137 e. The van der Waals surface area contributed by atoms with E-state index in [1.54, 1.807) is 0 Å². The third-order valence-electron chi connectivity index (χ3n) is 30.0. The van der Waals surface area contributed by atoms with Crippen LogP contribution in [-0.4, -0.2) is 13.7 Å². The molecule has 128 heavy (non-hydrogen) atoms. The standard InChI is InChI=1S/C45H31N.C39H25NO.C39H25NS/c1-45(2)37-21-11-19-35-33-17-9-10-18-34(33)36-20-12-22-39-42(36)44-40(24-23-38(45)43(44)41(35)37)46(39)32-26-30(28-13-5-3-6-14-28)25-31(27-32)29-15-7-4-8-16-29;2*1-39(2)29-14-7-12-27-23-9-3-4-10-24(23)28-13-8-15-31-36(28)38-32(20-19-30(39)37(38)35(27)29)40(31)22-17-18-26-25-11-5-6-16-33(25)41-34(26)21-22/h3-27H,1-2H3;2*3-21H,1-2H3. The molecule has 0 unspecified atom stereocenters. The minimum Gasteiger partial charge on any atom is -0.456 e. The molecule has 0 saturated carbocycles. The van der Waals surface area contributed by atoms with Gasteiger partial charge in [-0.25, -0.2) is 0 Å². The van der Waals surface area contributed by atoms with Crippen molar-refractivity contribution in [1.29, 1.82) is 0 Å². The van der Waals surface area contributed by atoms with Crippen LogP contribution in [0.25, 0.3) is 244 Å². The van der Waals surface area contributed by atoms with Crippen molar-refractivity contribution in [2.75, 3.05) is 0 Å². The summed E-state index contributed by atoms with van der Waals surface area (Å²) in [5, 5.41) is 37.3. The van der Waals surface area contributed by atoms with E-state index in [0.717, 1.165) is 27.6 Å². The van der Waals surface area contributed by atoms with Gasteiger partial charge < -0.3 is 18.1 Å². The van der Waals surface area contributed by atoms with Gasteiger partial charge in [-0.2, -0.15) is 0 Å². The van der Waals surface area contributed by atoms with Crippen molar-refractivity contribution in [3.05, 3.63) is 416 Å². The van der Waals surface area contributed by atoms with Crippen molar-refractivity contribution in [3.63, 3.8) is 0 Å². The lowest BCUT2D eigenvalue weighted by molar-refractivity contribution is 0.663.